The summed E-state index contributed by atoms with van der Waals surface area (Å²) in [6.07, 6.45) is 0. The van der Waals surface area contributed by atoms with Gasteiger partial charge in [-0.1, -0.05) is 12.1 Å². The molecule has 2 aromatic carbocycles. The topological polar surface area (TPSA) is 109 Å². The molecule has 0 aromatic heterocycles. The van der Waals surface area contributed by atoms with Crippen molar-refractivity contribution >= 4 is 21.6 Å². The lowest BCUT2D eigenvalue weighted by Crippen LogP contribution is -2.35. The number of sulfonamides is 1. The maximum absolute atomic E-state index is 12.7. The van der Waals surface area contributed by atoms with Gasteiger partial charge in [0.2, 0.25) is 15.9 Å². The van der Waals surface area contributed by atoms with Crippen molar-refractivity contribution in [1.29, 1.82) is 5.26 Å². The molecule has 29 heavy (non-hydrogen) atoms. The number of nitrogens with zero attached hydrogens (tertiary/aromatic N) is 2. The first-order valence-electron chi connectivity index (χ1n) is 8.98. The van der Waals surface area contributed by atoms with E-state index in [1.807, 2.05) is 19.9 Å². The van der Waals surface area contributed by atoms with Gasteiger partial charge in [-0.05, 0) is 38.1 Å². The second kappa shape index (κ2) is 9.91. The molecule has 154 valence electrons. The molecule has 1 amide bonds. The number of rotatable bonds is 9. The van der Waals surface area contributed by atoms with E-state index in [4.69, 9.17) is 14.7 Å². The quantitative estimate of drug-likeness (QED) is 0.672. The lowest BCUT2D eigenvalue weighted by Gasteiger charge is -2.18. The monoisotopic (exact) mass is 417 g/mol. The number of nitrogens with one attached hydrogen (secondary N) is 1. The first-order chi connectivity index (χ1) is 13.8. The molecule has 1 N–H and O–H groups in total. The zero-order valence-corrected chi connectivity index (χ0v) is 17.3. The van der Waals surface area contributed by atoms with E-state index in [0.29, 0.717) is 30.4 Å². The summed E-state index contributed by atoms with van der Waals surface area (Å²) in [6, 6.07) is 12.6. The predicted octanol–water partition coefficient (Wildman–Crippen LogP) is 2.61. The molecule has 0 aliphatic heterocycles. The minimum absolute atomic E-state index is 0.0210. The second-order valence-electron chi connectivity index (χ2n) is 5.94. The van der Waals surface area contributed by atoms with Crippen LogP contribution in [0.3, 0.4) is 0 Å². The van der Waals surface area contributed by atoms with E-state index in [1.54, 1.807) is 24.3 Å². The molecular formula is C20H23N3O5S. The van der Waals surface area contributed by atoms with Crippen LogP contribution in [-0.2, 0) is 14.8 Å². The van der Waals surface area contributed by atoms with Gasteiger partial charge in [-0.3, -0.25) is 4.79 Å². The van der Waals surface area contributed by atoms with Gasteiger partial charge in [0.15, 0.2) is 11.5 Å². The van der Waals surface area contributed by atoms with Crippen LogP contribution in [0.1, 0.15) is 19.4 Å². The third kappa shape index (κ3) is 5.47. The van der Waals surface area contributed by atoms with Crippen LogP contribution < -0.4 is 14.8 Å². The Kier molecular flexibility index (Phi) is 7.59. The van der Waals surface area contributed by atoms with Gasteiger partial charge < -0.3 is 14.8 Å². The number of hydrogen-bond acceptors (Lipinski definition) is 6. The largest absolute Gasteiger partial charge is 0.490 e. The summed E-state index contributed by atoms with van der Waals surface area (Å²) in [7, 11) is -2.71. The Bertz CT molecular complexity index is 1020. The van der Waals surface area contributed by atoms with Gasteiger partial charge in [0.25, 0.3) is 0 Å². The van der Waals surface area contributed by atoms with E-state index in [9.17, 15) is 13.2 Å². The zero-order valence-electron chi connectivity index (χ0n) is 16.5. The summed E-state index contributed by atoms with van der Waals surface area (Å²) in [4.78, 5) is 12.2. The molecule has 0 spiro atoms. The molecule has 9 heteroatoms. The number of carbonyl (C=O) groups excluding carboxylic acids is 1. The van der Waals surface area contributed by atoms with Crippen molar-refractivity contribution in [2.75, 3.05) is 32.1 Å². The van der Waals surface area contributed by atoms with Gasteiger partial charge in [0, 0.05) is 18.8 Å². The minimum Gasteiger partial charge on any atom is -0.490 e. The summed E-state index contributed by atoms with van der Waals surface area (Å²) in [5.41, 5.74) is 0.470. The maximum atomic E-state index is 12.7. The lowest BCUT2D eigenvalue weighted by atomic mass is 10.2. The second-order valence-corrected chi connectivity index (χ2v) is 7.96. The van der Waals surface area contributed by atoms with E-state index in [2.05, 4.69) is 5.32 Å². The molecule has 0 saturated heterocycles. The van der Waals surface area contributed by atoms with Crippen LogP contribution in [0.2, 0.25) is 0 Å². The summed E-state index contributed by atoms with van der Waals surface area (Å²) >= 11 is 0. The summed E-state index contributed by atoms with van der Waals surface area (Å²) in [5, 5.41) is 11.8. The standard InChI is InChI=1S/C20H23N3O5S/c1-4-27-17-11-10-16(12-18(17)28-5-2)22-20(24)14-23(3)29(25,26)19-9-7-6-8-15(19)13-21/h6-12H,4-5,14H2,1-3H3,(H,22,24). The number of likely N-dealkylation sites (N-methyl/N-ethyl adjacent to an activating group) is 1. The highest BCUT2D eigenvalue weighted by atomic mass is 32.2. The number of anilines is 1. The number of carbonyl (C=O) groups is 1. The fourth-order valence-electron chi connectivity index (χ4n) is 2.57. The van der Waals surface area contributed by atoms with Gasteiger partial charge in [-0.15, -0.1) is 0 Å². The number of benzene rings is 2. The maximum Gasteiger partial charge on any atom is 0.244 e. The third-order valence-corrected chi connectivity index (χ3v) is 5.75. The number of amides is 1. The molecule has 0 unspecified atom stereocenters. The molecule has 0 heterocycles. The Hall–Kier alpha value is -3.09. The number of nitriles is 1. The lowest BCUT2D eigenvalue weighted by molar-refractivity contribution is -0.116. The Morgan fingerprint density at radius 2 is 1.76 bits per heavy atom. The highest BCUT2D eigenvalue weighted by Crippen LogP contribution is 2.30. The summed E-state index contributed by atoms with van der Waals surface area (Å²) < 4.78 is 37.3. The molecule has 2 rings (SSSR count). The van der Waals surface area contributed by atoms with Gasteiger partial charge in [-0.2, -0.15) is 9.57 Å². The molecule has 2 aromatic rings. The average Bonchev–Trinajstić information content (AvgIpc) is 2.70. The Labute approximate surface area is 170 Å². The van der Waals surface area contributed by atoms with Crippen LogP contribution in [0.15, 0.2) is 47.4 Å². The summed E-state index contributed by atoms with van der Waals surface area (Å²) in [5.74, 6) is 0.508. The molecular weight excluding hydrogens is 394 g/mol. The molecule has 0 fully saturated rings. The smallest absolute Gasteiger partial charge is 0.244 e. The van der Waals surface area contributed by atoms with Crippen LogP contribution in [0, 0.1) is 11.3 Å². The van der Waals surface area contributed by atoms with Crippen molar-refractivity contribution in [2.24, 2.45) is 0 Å². The highest BCUT2D eigenvalue weighted by Gasteiger charge is 2.25. The first-order valence-corrected chi connectivity index (χ1v) is 10.4. The predicted molar refractivity (Wildman–Crippen MR) is 108 cm³/mol. The van der Waals surface area contributed by atoms with Gasteiger partial charge in [-0.25, -0.2) is 8.42 Å². The van der Waals surface area contributed by atoms with E-state index >= 15 is 0 Å². The van der Waals surface area contributed by atoms with E-state index in [1.165, 1.54) is 25.2 Å². The molecule has 0 atom stereocenters. The van der Waals surface area contributed by atoms with Crippen LogP contribution >= 0.6 is 0 Å². The molecule has 0 bridgehead atoms. The van der Waals surface area contributed by atoms with E-state index in [0.717, 1.165) is 4.31 Å². The normalized spacial score (nSPS) is 11.0. The fraction of sp³-hybridized carbons (Fsp3) is 0.300. The molecule has 8 nitrogen and oxygen atoms in total. The van der Waals surface area contributed by atoms with Crippen molar-refractivity contribution in [3.05, 3.63) is 48.0 Å². The fourth-order valence-corrected chi connectivity index (χ4v) is 3.83. The van der Waals surface area contributed by atoms with Gasteiger partial charge >= 0.3 is 0 Å². The number of hydrogen-bond donors (Lipinski definition) is 1. The van der Waals surface area contributed by atoms with Gasteiger partial charge in [0.1, 0.15) is 6.07 Å². The van der Waals surface area contributed by atoms with Crippen molar-refractivity contribution in [1.82, 2.24) is 4.31 Å². The zero-order chi connectivity index (χ0) is 21.4. The first kappa shape index (κ1) is 22.2. The van der Waals surface area contributed by atoms with Gasteiger partial charge in [0.05, 0.1) is 30.2 Å². The van der Waals surface area contributed by atoms with Crippen LogP contribution in [0.25, 0.3) is 0 Å². The van der Waals surface area contributed by atoms with E-state index in [-0.39, 0.29) is 10.5 Å². The average molecular weight is 417 g/mol. The molecule has 0 saturated carbocycles. The molecule has 0 radical (unpaired) electrons. The van der Waals surface area contributed by atoms with Crippen molar-refractivity contribution in [3.8, 4) is 17.6 Å². The third-order valence-electron chi connectivity index (χ3n) is 3.89. The Balaban J connectivity index is 2.14. The van der Waals surface area contributed by atoms with Crippen molar-refractivity contribution in [2.45, 2.75) is 18.7 Å². The van der Waals surface area contributed by atoms with E-state index < -0.39 is 22.5 Å². The Morgan fingerprint density at radius 3 is 2.41 bits per heavy atom. The van der Waals surface area contributed by atoms with Crippen molar-refractivity contribution in [3.63, 3.8) is 0 Å². The minimum atomic E-state index is -3.99. The van der Waals surface area contributed by atoms with Crippen LogP contribution in [-0.4, -0.2) is 45.4 Å². The molecule has 0 aliphatic carbocycles. The number of ether oxygens (including phenoxy) is 2. The van der Waals surface area contributed by atoms with Crippen LogP contribution in [0.5, 0.6) is 11.5 Å². The summed E-state index contributed by atoms with van der Waals surface area (Å²) in [6.45, 7) is 4.17. The molecule has 0 aliphatic rings. The SMILES string of the molecule is CCOc1ccc(NC(=O)CN(C)S(=O)(=O)c2ccccc2C#N)cc1OCC. The Morgan fingerprint density at radius 1 is 1.10 bits per heavy atom. The highest BCUT2D eigenvalue weighted by molar-refractivity contribution is 7.89. The van der Waals surface area contributed by atoms with Crippen molar-refractivity contribution < 1.29 is 22.7 Å². The van der Waals surface area contributed by atoms with Crippen LogP contribution in [0.4, 0.5) is 5.69 Å².